The summed E-state index contributed by atoms with van der Waals surface area (Å²) in [4.78, 5) is 23.8. The van der Waals surface area contributed by atoms with E-state index in [4.69, 9.17) is 10.5 Å². The van der Waals surface area contributed by atoms with Crippen molar-refractivity contribution < 1.29 is 23.8 Å². The molecular weight excluding hydrogens is 327 g/mol. The molecule has 0 bridgehead atoms. The smallest absolute Gasteiger partial charge is 0.352 e. The van der Waals surface area contributed by atoms with Gasteiger partial charge in [-0.15, -0.1) is 0 Å². The predicted molar refractivity (Wildman–Crippen MR) is 91.9 cm³/mol. The third-order valence-corrected chi connectivity index (χ3v) is 3.73. The monoisotopic (exact) mass is 350 g/mol. The van der Waals surface area contributed by atoms with Gasteiger partial charge in [0.15, 0.2) is 0 Å². The second-order valence-corrected chi connectivity index (χ2v) is 7.45. The molecule has 0 radical (unpaired) electrons. The summed E-state index contributed by atoms with van der Waals surface area (Å²) in [7, 11) is 0. The lowest BCUT2D eigenvalue weighted by molar-refractivity contribution is -0.157. The molecule has 1 atom stereocenters. The van der Waals surface area contributed by atoms with E-state index in [0.717, 1.165) is 0 Å². The standard InChI is InChI=1S/C18H23FN2O4/c1-10-6-13-11(7-12(10)19)8-14(16(23)24)21(13)18(5,20)9-15(22)25-17(2,3)4/h6-8H,9,20H2,1-5H3,(H,23,24). The number of carboxylic acid groups (broad SMARTS) is 1. The average Bonchev–Trinajstić information content (AvgIpc) is 2.75. The van der Waals surface area contributed by atoms with Gasteiger partial charge in [0, 0.05) is 5.39 Å². The molecule has 0 aliphatic carbocycles. The van der Waals surface area contributed by atoms with Crippen LogP contribution in [0.2, 0.25) is 0 Å². The number of hydrogen-bond donors (Lipinski definition) is 2. The molecular formula is C18H23FN2O4. The maximum absolute atomic E-state index is 13.8. The Morgan fingerprint density at radius 1 is 1.24 bits per heavy atom. The minimum Gasteiger partial charge on any atom is -0.477 e. The van der Waals surface area contributed by atoms with E-state index in [1.54, 1.807) is 34.6 Å². The maximum atomic E-state index is 13.8. The van der Waals surface area contributed by atoms with Gasteiger partial charge < -0.3 is 20.1 Å². The summed E-state index contributed by atoms with van der Waals surface area (Å²) >= 11 is 0. The lowest BCUT2D eigenvalue weighted by Gasteiger charge is -2.30. The van der Waals surface area contributed by atoms with E-state index in [1.807, 2.05) is 0 Å². The van der Waals surface area contributed by atoms with Crippen molar-refractivity contribution in [1.29, 1.82) is 0 Å². The van der Waals surface area contributed by atoms with E-state index in [-0.39, 0.29) is 12.1 Å². The summed E-state index contributed by atoms with van der Waals surface area (Å²) in [5.41, 5.74) is 4.95. The molecule has 0 saturated heterocycles. The number of nitrogens with two attached hydrogens (primary N) is 1. The average molecular weight is 350 g/mol. The zero-order valence-corrected chi connectivity index (χ0v) is 15.0. The molecule has 0 saturated carbocycles. The van der Waals surface area contributed by atoms with E-state index in [1.165, 1.54) is 22.8 Å². The summed E-state index contributed by atoms with van der Waals surface area (Å²) in [6, 6.07) is 4.13. The number of carboxylic acids is 1. The molecule has 0 aliphatic heterocycles. The normalized spacial score (nSPS) is 14.4. The molecule has 1 heterocycles. The van der Waals surface area contributed by atoms with Gasteiger partial charge >= 0.3 is 11.9 Å². The Labute approximate surface area is 145 Å². The molecule has 25 heavy (non-hydrogen) atoms. The van der Waals surface area contributed by atoms with E-state index in [2.05, 4.69) is 0 Å². The van der Waals surface area contributed by atoms with Gasteiger partial charge in [-0.1, -0.05) is 0 Å². The Morgan fingerprint density at radius 2 is 1.84 bits per heavy atom. The summed E-state index contributed by atoms with van der Waals surface area (Å²) < 4.78 is 20.5. The van der Waals surface area contributed by atoms with Crippen LogP contribution in [0.1, 0.15) is 50.2 Å². The number of carbonyl (C=O) groups excluding carboxylic acids is 1. The maximum Gasteiger partial charge on any atom is 0.352 e. The SMILES string of the molecule is Cc1cc2c(cc1F)cc(C(=O)O)n2C(C)(N)CC(=O)OC(C)(C)C. The van der Waals surface area contributed by atoms with Crippen LogP contribution in [0.25, 0.3) is 10.9 Å². The van der Waals surface area contributed by atoms with Crippen molar-refractivity contribution >= 4 is 22.8 Å². The van der Waals surface area contributed by atoms with Crippen LogP contribution in [0.5, 0.6) is 0 Å². The number of ether oxygens (including phenoxy) is 1. The van der Waals surface area contributed by atoms with Crippen molar-refractivity contribution in [2.24, 2.45) is 5.73 Å². The van der Waals surface area contributed by atoms with Crippen molar-refractivity contribution in [2.45, 2.75) is 52.3 Å². The molecule has 6 nitrogen and oxygen atoms in total. The molecule has 7 heteroatoms. The third kappa shape index (κ3) is 3.99. The van der Waals surface area contributed by atoms with E-state index < -0.39 is 29.0 Å². The lowest BCUT2D eigenvalue weighted by atomic mass is 10.1. The molecule has 2 aromatic rings. The zero-order valence-electron chi connectivity index (χ0n) is 15.0. The quantitative estimate of drug-likeness (QED) is 0.826. The fraction of sp³-hybridized carbons (Fsp3) is 0.444. The van der Waals surface area contributed by atoms with Crippen LogP contribution in [0.15, 0.2) is 18.2 Å². The number of fused-ring (bicyclic) bond motifs is 1. The molecule has 0 spiro atoms. The van der Waals surface area contributed by atoms with Crippen molar-refractivity contribution in [1.82, 2.24) is 4.57 Å². The van der Waals surface area contributed by atoms with Gasteiger partial charge in [-0.2, -0.15) is 0 Å². The van der Waals surface area contributed by atoms with Gasteiger partial charge in [-0.25, -0.2) is 9.18 Å². The fourth-order valence-electron chi connectivity index (χ4n) is 2.79. The van der Waals surface area contributed by atoms with E-state index >= 15 is 0 Å². The Balaban J connectivity index is 2.57. The number of nitrogens with zero attached hydrogens (tertiary/aromatic N) is 1. The molecule has 3 N–H and O–H groups in total. The Morgan fingerprint density at radius 3 is 2.36 bits per heavy atom. The van der Waals surface area contributed by atoms with Gasteiger partial charge in [0.05, 0.1) is 11.9 Å². The Bertz CT molecular complexity index is 847. The van der Waals surface area contributed by atoms with Gasteiger partial charge in [-0.3, -0.25) is 4.79 Å². The van der Waals surface area contributed by atoms with Crippen LogP contribution in [0, 0.1) is 12.7 Å². The number of hydrogen-bond acceptors (Lipinski definition) is 4. The zero-order chi connectivity index (χ0) is 19.2. The number of aromatic nitrogens is 1. The van der Waals surface area contributed by atoms with Crippen LogP contribution in [-0.4, -0.2) is 27.2 Å². The highest BCUT2D eigenvalue weighted by atomic mass is 19.1. The second kappa shape index (κ2) is 6.15. The lowest BCUT2D eigenvalue weighted by Crippen LogP contribution is -2.44. The first-order valence-electron chi connectivity index (χ1n) is 7.88. The van der Waals surface area contributed by atoms with Crippen LogP contribution >= 0.6 is 0 Å². The first kappa shape index (κ1) is 18.9. The highest BCUT2D eigenvalue weighted by Crippen LogP contribution is 2.30. The van der Waals surface area contributed by atoms with Crippen LogP contribution in [0.4, 0.5) is 4.39 Å². The van der Waals surface area contributed by atoms with Gasteiger partial charge in [0.2, 0.25) is 0 Å². The number of aromatic carboxylic acids is 1. The molecule has 0 amide bonds. The van der Waals surface area contributed by atoms with E-state index in [9.17, 15) is 19.1 Å². The number of halogens is 1. The summed E-state index contributed by atoms with van der Waals surface area (Å²) in [5, 5.41) is 9.91. The number of benzene rings is 1. The highest BCUT2D eigenvalue weighted by molar-refractivity contribution is 5.95. The third-order valence-electron chi connectivity index (χ3n) is 3.73. The minimum absolute atomic E-state index is 0.117. The van der Waals surface area contributed by atoms with Crippen LogP contribution in [-0.2, 0) is 15.2 Å². The fourth-order valence-corrected chi connectivity index (χ4v) is 2.79. The number of rotatable bonds is 4. The summed E-state index contributed by atoms with van der Waals surface area (Å²) in [5.74, 6) is -2.20. The van der Waals surface area contributed by atoms with Gasteiger partial charge in [0.25, 0.3) is 0 Å². The Kier molecular flexibility index (Phi) is 4.65. The first-order valence-corrected chi connectivity index (χ1v) is 7.88. The predicted octanol–water partition coefficient (Wildman–Crippen LogP) is 3.15. The molecule has 136 valence electrons. The van der Waals surface area contributed by atoms with Crippen molar-refractivity contribution in [3.8, 4) is 0 Å². The number of carbonyl (C=O) groups is 2. The van der Waals surface area contributed by atoms with Crippen molar-refractivity contribution in [2.75, 3.05) is 0 Å². The summed E-state index contributed by atoms with van der Waals surface area (Å²) in [6.07, 6.45) is -0.231. The van der Waals surface area contributed by atoms with Crippen molar-refractivity contribution in [3.05, 3.63) is 35.3 Å². The molecule has 0 aliphatic rings. The summed E-state index contributed by atoms with van der Waals surface area (Å²) in [6.45, 7) is 8.33. The number of esters is 1. The topological polar surface area (TPSA) is 94.5 Å². The van der Waals surface area contributed by atoms with Gasteiger partial charge in [-0.05, 0) is 58.4 Å². The molecule has 1 aromatic carbocycles. The highest BCUT2D eigenvalue weighted by Gasteiger charge is 2.32. The minimum atomic E-state index is -1.36. The molecule has 1 aromatic heterocycles. The Hall–Kier alpha value is -2.41. The second-order valence-electron chi connectivity index (χ2n) is 7.45. The van der Waals surface area contributed by atoms with Crippen LogP contribution < -0.4 is 5.73 Å². The largest absolute Gasteiger partial charge is 0.477 e. The number of aryl methyl sites for hydroxylation is 1. The van der Waals surface area contributed by atoms with Crippen molar-refractivity contribution in [3.63, 3.8) is 0 Å². The van der Waals surface area contributed by atoms with Gasteiger partial charge in [0.1, 0.15) is 22.8 Å². The molecule has 1 unspecified atom stereocenters. The van der Waals surface area contributed by atoms with E-state index in [0.29, 0.717) is 16.5 Å². The molecule has 2 rings (SSSR count). The molecule has 0 fully saturated rings. The van der Waals surface area contributed by atoms with Crippen LogP contribution in [0.3, 0.4) is 0 Å². The first-order chi connectivity index (χ1) is 11.3.